The van der Waals surface area contributed by atoms with E-state index >= 15 is 0 Å². The van der Waals surface area contributed by atoms with Gasteiger partial charge in [0, 0.05) is 24.5 Å². The molecular weight excluding hydrogens is 322 g/mol. The van der Waals surface area contributed by atoms with Crippen LogP contribution in [-0.4, -0.2) is 55.8 Å². The SMILES string of the molecule is CCOc1ccccc1OCCN1CCOCC1CBr. The van der Waals surface area contributed by atoms with Crippen LogP contribution in [0.1, 0.15) is 6.92 Å². The first-order valence-electron chi connectivity index (χ1n) is 7.07. The van der Waals surface area contributed by atoms with Crippen LogP contribution >= 0.6 is 15.9 Å². The molecule has 0 N–H and O–H groups in total. The molecule has 0 bridgehead atoms. The van der Waals surface area contributed by atoms with Gasteiger partial charge in [0.2, 0.25) is 0 Å². The number of hydrogen-bond acceptors (Lipinski definition) is 4. The third-order valence-electron chi connectivity index (χ3n) is 3.31. The average molecular weight is 344 g/mol. The summed E-state index contributed by atoms with van der Waals surface area (Å²) in [5.74, 6) is 1.63. The van der Waals surface area contributed by atoms with Crippen molar-refractivity contribution >= 4 is 15.9 Å². The fourth-order valence-electron chi connectivity index (χ4n) is 2.24. The Labute approximate surface area is 129 Å². The number of halogens is 1. The van der Waals surface area contributed by atoms with Gasteiger partial charge in [0.15, 0.2) is 11.5 Å². The van der Waals surface area contributed by atoms with Gasteiger partial charge >= 0.3 is 0 Å². The van der Waals surface area contributed by atoms with Gasteiger partial charge < -0.3 is 14.2 Å². The summed E-state index contributed by atoms with van der Waals surface area (Å²) in [7, 11) is 0. The fourth-order valence-corrected chi connectivity index (χ4v) is 2.84. The Kier molecular flexibility index (Phi) is 6.63. The van der Waals surface area contributed by atoms with Crippen LogP contribution in [0.4, 0.5) is 0 Å². The van der Waals surface area contributed by atoms with Crippen molar-refractivity contribution in [2.45, 2.75) is 13.0 Å². The minimum Gasteiger partial charge on any atom is -0.490 e. The minimum atomic E-state index is 0.439. The number of alkyl halides is 1. The first-order valence-corrected chi connectivity index (χ1v) is 8.19. The molecule has 1 heterocycles. The van der Waals surface area contributed by atoms with Gasteiger partial charge in [0.25, 0.3) is 0 Å². The topological polar surface area (TPSA) is 30.9 Å². The second-order valence-electron chi connectivity index (χ2n) is 4.65. The second-order valence-corrected chi connectivity index (χ2v) is 5.29. The number of benzene rings is 1. The maximum Gasteiger partial charge on any atom is 0.161 e. The summed E-state index contributed by atoms with van der Waals surface area (Å²) in [4.78, 5) is 2.40. The molecule has 0 saturated carbocycles. The van der Waals surface area contributed by atoms with Gasteiger partial charge in [-0.15, -0.1) is 0 Å². The zero-order valence-corrected chi connectivity index (χ0v) is 13.5. The quantitative estimate of drug-likeness (QED) is 0.712. The highest BCUT2D eigenvalue weighted by Crippen LogP contribution is 2.26. The summed E-state index contributed by atoms with van der Waals surface area (Å²) in [5.41, 5.74) is 0. The van der Waals surface area contributed by atoms with Gasteiger partial charge in [-0.25, -0.2) is 0 Å². The molecule has 1 aliphatic rings. The van der Waals surface area contributed by atoms with Crippen LogP contribution in [0.5, 0.6) is 11.5 Å². The normalized spacial score (nSPS) is 19.8. The summed E-state index contributed by atoms with van der Waals surface area (Å²) < 4.78 is 16.9. The van der Waals surface area contributed by atoms with Crippen LogP contribution in [0.2, 0.25) is 0 Å². The molecule has 1 fully saturated rings. The lowest BCUT2D eigenvalue weighted by molar-refractivity contribution is -0.00309. The number of hydrogen-bond donors (Lipinski definition) is 0. The average Bonchev–Trinajstić information content (AvgIpc) is 2.50. The van der Waals surface area contributed by atoms with E-state index in [9.17, 15) is 0 Å². The number of morpholine rings is 1. The number of ether oxygens (including phenoxy) is 3. The van der Waals surface area contributed by atoms with E-state index in [2.05, 4.69) is 20.8 Å². The standard InChI is InChI=1S/C15H22BrNO3/c1-2-19-14-5-3-4-6-15(14)20-10-8-17-7-9-18-12-13(17)11-16/h3-6,13H,2,7-12H2,1H3. The Bertz CT molecular complexity index is 402. The van der Waals surface area contributed by atoms with E-state index in [-0.39, 0.29) is 0 Å². The van der Waals surface area contributed by atoms with E-state index < -0.39 is 0 Å². The molecule has 1 aromatic carbocycles. The Morgan fingerprint density at radius 2 is 2.05 bits per heavy atom. The highest BCUT2D eigenvalue weighted by Gasteiger charge is 2.21. The van der Waals surface area contributed by atoms with E-state index in [1.165, 1.54) is 0 Å². The van der Waals surface area contributed by atoms with Crippen LogP contribution < -0.4 is 9.47 Å². The molecule has 4 nitrogen and oxygen atoms in total. The summed E-state index contributed by atoms with van der Waals surface area (Å²) in [6, 6.07) is 8.25. The molecule has 2 rings (SSSR count). The first-order chi connectivity index (χ1) is 9.85. The molecule has 1 unspecified atom stereocenters. The lowest BCUT2D eigenvalue weighted by Crippen LogP contribution is -2.47. The molecule has 0 spiro atoms. The summed E-state index contributed by atoms with van der Waals surface area (Å²) in [5, 5.41) is 0.933. The highest BCUT2D eigenvalue weighted by molar-refractivity contribution is 9.09. The largest absolute Gasteiger partial charge is 0.490 e. The van der Waals surface area contributed by atoms with Crippen LogP contribution in [0.3, 0.4) is 0 Å². The predicted molar refractivity (Wildman–Crippen MR) is 83.1 cm³/mol. The van der Waals surface area contributed by atoms with Crippen molar-refractivity contribution in [3.8, 4) is 11.5 Å². The van der Waals surface area contributed by atoms with Gasteiger partial charge in [-0.3, -0.25) is 4.90 Å². The van der Waals surface area contributed by atoms with E-state index in [0.717, 1.165) is 43.1 Å². The van der Waals surface area contributed by atoms with Crippen molar-refractivity contribution in [2.24, 2.45) is 0 Å². The van der Waals surface area contributed by atoms with Crippen LogP contribution in [-0.2, 0) is 4.74 Å². The third kappa shape index (κ3) is 4.36. The Morgan fingerprint density at radius 1 is 1.30 bits per heavy atom. The molecule has 0 amide bonds. The van der Waals surface area contributed by atoms with Crippen LogP contribution in [0.25, 0.3) is 0 Å². The monoisotopic (exact) mass is 343 g/mol. The van der Waals surface area contributed by atoms with Gasteiger partial charge in [0.05, 0.1) is 19.8 Å². The van der Waals surface area contributed by atoms with Gasteiger partial charge in [-0.05, 0) is 19.1 Å². The zero-order chi connectivity index (χ0) is 14.2. The van der Waals surface area contributed by atoms with E-state index in [1.54, 1.807) is 0 Å². The van der Waals surface area contributed by atoms with Gasteiger partial charge in [0.1, 0.15) is 6.61 Å². The molecule has 1 saturated heterocycles. The van der Waals surface area contributed by atoms with E-state index in [0.29, 0.717) is 19.3 Å². The highest BCUT2D eigenvalue weighted by atomic mass is 79.9. The number of para-hydroxylation sites is 2. The molecule has 20 heavy (non-hydrogen) atoms. The molecule has 5 heteroatoms. The molecule has 1 aromatic rings. The van der Waals surface area contributed by atoms with Crippen molar-refractivity contribution in [1.82, 2.24) is 4.90 Å². The number of rotatable bonds is 7. The van der Waals surface area contributed by atoms with Crippen molar-refractivity contribution < 1.29 is 14.2 Å². The zero-order valence-electron chi connectivity index (χ0n) is 11.9. The summed E-state index contributed by atoms with van der Waals surface area (Å²) >= 11 is 3.54. The Morgan fingerprint density at radius 3 is 2.75 bits per heavy atom. The number of nitrogens with zero attached hydrogens (tertiary/aromatic N) is 1. The molecule has 0 radical (unpaired) electrons. The van der Waals surface area contributed by atoms with Crippen LogP contribution in [0, 0.1) is 0 Å². The minimum absolute atomic E-state index is 0.439. The molecule has 0 aliphatic carbocycles. The van der Waals surface area contributed by atoms with E-state index in [4.69, 9.17) is 14.2 Å². The second kappa shape index (κ2) is 8.49. The van der Waals surface area contributed by atoms with Crippen molar-refractivity contribution in [2.75, 3.05) is 44.8 Å². The Hall–Kier alpha value is -0.780. The van der Waals surface area contributed by atoms with Crippen molar-refractivity contribution in [1.29, 1.82) is 0 Å². The summed E-state index contributed by atoms with van der Waals surface area (Å²) in [6.07, 6.45) is 0. The van der Waals surface area contributed by atoms with E-state index in [1.807, 2.05) is 31.2 Å². The van der Waals surface area contributed by atoms with Crippen molar-refractivity contribution in [3.63, 3.8) is 0 Å². The van der Waals surface area contributed by atoms with Gasteiger partial charge in [-0.1, -0.05) is 28.1 Å². The molecular formula is C15H22BrNO3. The van der Waals surface area contributed by atoms with Crippen LogP contribution in [0.15, 0.2) is 24.3 Å². The van der Waals surface area contributed by atoms with Crippen molar-refractivity contribution in [3.05, 3.63) is 24.3 Å². The third-order valence-corrected chi connectivity index (χ3v) is 4.06. The fraction of sp³-hybridized carbons (Fsp3) is 0.600. The molecule has 112 valence electrons. The maximum absolute atomic E-state index is 5.86. The smallest absolute Gasteiger partial charge is 0.161 e. The molecule has 1 atom stereocenters. The van der Waals surface area contributed by atoms with Gasteiger partial charge in [-0.2, -0.15) is 0 Å². The molecule has 1 aliphatic heterocycles. The molecule has 0 aromatic heterocycles. The maximum atomic E-state index is 5.86. The lowest BCUT2D eigenvalue weighted by atomic mass is 10.2. The first kappa shape index (κ1) is 15.6. The lowest BCUT2D eigenvalue weighted by Gasteiger charge is -2.34. The summed E-state index contributed by atoms with van der Waals surface area (Å²) in [6.45, 7) is 6.75. The Balaban J connectivity index is 1.83. The predicted octanol–water partition coefficient (Wildman–Crippen LogP) is 2.56.